The molecule has 6 heteroatoms. The minimum atomic E-state index is -0.960. The van der Waals surface area contributed by atoms with Crippen LogP contribution in [-0.2, 0) is 0 Å². The van der Waals surface area contributed by atoms with Crippen LogP contribution in [0.2, 0.25) is 0 Å². The predicted octanol–water partition coefficient (Wildman–Crippen LogP) is 2.56. The number of nitrogen functional groups attached to an aromatic ring is 1. The number of hydrogen-bond donors (Lipinski definition) is 1. The molecule has 0 unspecified atom stereocenters. The van der Waals surface area contributed by atoms with Crippen LogP contribution >= 0.6 is 0 Å². The average molecular weight is 281 g/mol. The second kappa shape index (κ2) is 6.85. The molecule has 0 aliphatic heterocycles. The van der Waals surface area contributed by atoms with Gasteiger partial charge in [-0.25, -0.2) is 8.78 Å². The van der Waals surface area contributed by atoms with Gasteiger partial charge in [0.05, 0.1) is 12.5 Å². The van der Waals surface area contributed by atoms with Gasteiger partial charge in [0.1, 0.15) is 17.3 Å². The maximum Gasteiger partial charge on any atom is 0.254 e. The maximum atomic E-state index is 13.4. The third-order valence-corrected chi connectivity index (χ3v) is 2.69. The van der Waals surface area contributed by atoms with Gasteiger partial charge in [0, 0.05) is 18.7 Å². The minimum absolute atomic E-state index is 0.104. The third kappa shape index (κ3) is 3.92. The lowest BCUT2D eigenvalue weighted by molar-refractivity contribution is 0.0739. The standard InChI is InChI=1S/C14H17F2N3O/c1-9(2)8-19(5-3-4-17)14(20)10-6-11(15)13(18)12(16)7-10/h6-7,9H,3,5,8,18H2,1-2H3. The molecule has 0 fully saturated rings. The fraction of sp³-hybridized carbons (Fsp3) is 0.429. The van der Waals surface area contributed by atoms with E-state index in [0.29, 0.717) is 6.54 Å². The van der Waals surface area contributed by atoms with Gasteiger partial charge in [-0.3, -0.25) is 4.79 Å². The van der Waals surface area contributed by atoms with E-state index in [2.05, 4.69) is 0 Å². The van der Waals surface area contributed by atoms with Crippen molar-refractivity contribution in [2.45, 2.75) is 20.3 Å². The van der Waals surface area contributed by atoms with Gasteiger partial charge >= 0.3 is 0 Å². The number of nitriles is 1. The van der Waals surface area contributed by atoms with Crippen molar-refractivity contribution >= 4 is 11.6 Å². The highest BCUT2D eigenvalue weighted by atomic mass is 19.1. The number of carbonyl (C=O) groups is 1. The summed E-state index contributed by atoms with van der Waals surface area (Å²) < 4.78 is 26.8. The van der Waals surface area contributed by atoms with E-state index in [9.17, 15) is 13.6 Å². The van der Waals surface area contributed by atoms with Gasteiger partial charge in [-0.15, -0.1) is 0 Å². The van der Waals surface area contributed by atoms with E-state index in [1.54, 1.807) is 0 Å². The molecule has 1 aromatic carbocycles. The number of rotatable bonds is 5. The number of nitrogens with zero attached hydrogens (tertiary/aromatic N) is 2. The molecule has 2 N–H and O–H groups in total. The maximum absolute atomic E-state index is 13.4. The van der Waals surface area contributed by atoms with Crippen molar-refractivity contribution < 1.29 is 13.6 Å². The second-order valence-electron chi connectivity index (χ2n) is 4.91. The van der Waals surface area contributed by atoms with Crippen molar-refractivity contribution in [1.29, 1.82) is 5.26 Å². The van der Waals surface area contributed by atoms with Crippen molar-refractivity contribution in [3.63, 3.8) is 0 Å². The summed E-state index contributed by atoms with van der Waals surface area (Å²) in [7, 11) is 0. The molecular weight excluding hydrogens is 264 g/mol. The highest BCUT2D eigenvalue weighted by Gasteiger charge is 2.19. The summed E-state index contributed by atoms with van der Waals surface area (Å²) in [5, 5.41) is 8.60. The van der Waals surface area contributed by atoms with Crippen molar-refractivity contribution in [1.82, 2.24) is 4.90 Å². The Morgan fingerprint density at radius 2 is 1.95 bits per heavy atom. The fourth-order valence-corrected chi connectivity index (χ4v) is 1.79. The SMILES string of the molecule is CC(C)CN(CCC#N)C(=O)c1cc(F)c(N)c(F)c1. The molecule has 0 saturated heterocycles. The highest BCUT2D eigenvalue weighted by molar-refractivity contribution is 5.94. The molecule has 1 amide bonds. The highest BCUT2D eigenvalue weighted by Crippen LogP contribution is 2.19. The zero-order valence-corrected chi connectivity index (χ0v) is 11.5. The van der Waals surface area contributed by atoms with E-state index < -0.39 is 23.2 Å². The van der Waals surface area contributed by atoms with Crippen LogP contribution in [0.25, 0.3) is 0 Å². The van der Waals surface area contributed by atoms with Gasteiger partial charge in [0.15, 0.2) is 0 Å². The molecule has 108 valence electrons. The Balaban J connectivity index is 3.02. The Kier molecular flexibility index (Phi) is 5.44. The van der Waals surface area contributed by atoms with Crippen LogP contribution in [0.1, 0.15) is 30.6 Å². The second-order valence-corrected chi connectivity index (χ2v) is 4.91. The molecule has 0 spiro atoms. The Hall–Kier alpha value is -2.16. The molecule has 1 aromatic rings. The van der Waals surface area contributed by atoms with Gasteiger partial charge in [-0.05, 0) is 18.1 Å². The molecule has 0 aliphatic rings. The lowest BCUT2D eigenvalue weighted by Gasteiger charge is -2.23. The van der Waals surface area contributed by atoms with Crippen molar-refractivity contribution in [2.24, 2.45) is 5.92 Å². The zero-order valence-electron chi connectivity index (χ0n) is 11.5. The smallest absolute Gasteiger partial charge is 0.254 e. The van der Waals surface area contributed by atoms with E-state index in [1.807, 2.05) is 19.9 Å². The normalized spacial score (nSPS) is 10.4. The summed E-state index contributed by atoms with van der Waals surface area (Å²) in [4.78, 5) is 13.7. The predicted molar refractivity (Wildman–Crippen MR) is 71.7 cm³/mol. The summed E-state index contributed by atoms with van der Waals surface area (Å²) >= 11 is 0. The van der Waals surface area contributed by atoms with Gasteiger partial charge in [-0.1, -0.05) is 13.8 Å². The quantitative estimate of drug-likeness (QED) is 0.843. The van der Waals surface area contributed by atoms with Crippen LogP contribution in [0.15, 0.2) is 12.1 Å². The Morgan fingerprint density at radius 1 is 1.40 bits per heavy atom. The first-order chi connectivity index (χ1) is 9.36. The van der Waals surface area contributed by atoms with Gasteiger partial charge in [-0.2, -0.15) is 5.26 Å². The summed E-state index contributed by atoms with van der Waals surface area (Å²) in [6, 6.07) is 3.78. The Bertz CT molecular complexity index is 515. The van der Waals surface area contributed by atoms with Crippen molar-refractivity contribution in [3.05, 3.63) is 29.3 Å². The monoisotopic (exact) mass is 281 g/mol. The van der Waals surface area contributed by atoms with E-state index in [0.717, 1.165) is 12.1 Å². The van der Waals surface area contributed by atoms with Gasteiger partial charge < -0.3 is 10.6 Å². The van der Waals surface area contributed by atoms with Gasteiger partial charge in [0.25, 0.3) is 5.91 Å². The van der Waals surface area contributed by atoms with Crippen LogP contribution in [0.3, 0.4) is 0 Å². The molecule has 0 radical (unpaired) electrons. The van der Waals surface area contributed by atoms with Crippen LogP contribution in [0.5, 0.6) is 0 Å². The van der Waals surface area contributed by atoms with Gasteiger partial charge in [0.2, 0.25) is 0 Å². The van der Waals surface area contributed by atoms with Crippen molar-refractivity contribution in [2.75, 3.05) is 18.8 Å². The number of anilines is 1. The minimum Gasteiger partial charge on any atom is -0.394 e. The fourth-order valence-electron chi connectivity index (χ4n) is 1.79. The number of amides is 1. The molecule has 1 rings (SSSR count). The summed E-state index contributed by atoms with van der Waals surface area (Å²) in [6.07, 6.45) is 0.165. The summed E-state index contributed by atoms with van der Waals surface area (Å²) in [5.41, 5.74) is 4.46. The molecule has 0 aliphatic carbocycles. The molecular formula is C14H17F2N3O. The van der Waals surface area contributed by atoms with Crippen LogP contribution in [0.4, 0.5) is 14.5 Å². The number of benzene rings is 1. The molecule has 0 bridgehead atoms. The zero-order chi connectivity index (χ0) is 15.3. The molecule has 0 heterocycles. The first-order valence-corrected chi connectivity index (χ1v) is 6.27. The molecule has 4 nitrogen and oxygen atoms in total. The lowest BCUT2D eigenvalue weighted by Crippen LogP contribution is -2.35. The van der Waals surface area contributed by atoms with Crippen LogP contribution < -0.4 is 5.73 Å². The number of halogens is 2. The summed E-state index contributed by atoms with van der Waals surface area (Å²) in [6.45, 7) is 4.46. The van der Waals surface area contributed by atoms with E-state index in [4.69, 9.17) is 11.0 Å². The van der Waals surface area contributed by atoms with Crippen LogP contribution in [-0.4, -0.2) is 23.9 Å². The lowest BCUT2D eigenvalue weighted by atomic mass is 10.1. The topological polar surface area (TPSA) is 70.1 Å². The van der Waals surface area contributed by atoms with Crippen molar-refractivity contribution in [3.8, 4) is 6.07 Å². The van der Waals surface area contributed by atoms with E-state index >= 15 is 0 Å². The van der Waals surface area contributed by atoms with E-state index in [1.165, 1.54) is 4.90 Å². The summed E-state index contributed by atoms with van der Waals surface area (Å²) in [5.74, 6) is -2.25. The van der Waals surface area contributed by atoms with E-state index in [-0.39, 0.29) is 24.4 Å². The molecule has 0 aromatic heterocycles. The Labute approximate surface area is 116 Å². The van der Waals surface area contributed by atoms with Crippen LogP contribution in [0, 0.1) is 28.9 Å². The average Bonchev–Trinajstić information content (AvgIpc) is 2.39. The first-order valence-electron chi connectivity index (χ1n) is 6.27. The Morgan fingerprint density at radius 3 is 2.40 bits per heavy atom. The third-order valence-electron chi connectivity index (χ3n) is 2.69. The number of carbonyl (C=O) groups excluding carboxylic acids is 1. The first kappa shape index (κ1) is 15.9. The molecule has 20 heavy (non-hydrogen) atoms. The molecule has 0 saturated carbocycles. The largest absolute Gasteiger partial charge is 0.394 e. The molecule has 0 atom stereocenters. The number of nitrogens with two attached hydrogens (primary N) is 1. The number of hydrogen-bond acceptors (Lipinski definition) is 3.